The van der Waals surface area contributed by atoms with Crippen molar-refractivity contribution in [2.45, 2.75) is 44.7 Å². The summed E-state index contributed by atoms with van der Waals surface area (Å²) < 4.78 is 26.6. The molecule has 0 bridgehead atoms. The van der Waals surface area contributed by atoms with E-state index in [9.17, 15) is 8.78 Å². The standard InChI is InChI=1S/C15H22F2N2/c1-15(2,19-7-3-4-8-19)14(18)9-11-5-6-12(16)10-13(11)17/h5-6,10,14H,3-4,7-9,18H2,1-2H3. The van der Waals surface area contributed by atoms with Crippen molar-refractivity contribution in [2.75, 3.05) is 13.1 Å². The Bertz CT molecular complexity index is 440. The largest absolute Gasteiger partial charge is 0.326 e. The molecule has 1 atom stereocenters. The SMILES string of the molecule is CC(C)(C(N)Cc1ccc(F)cc1F)N1CCCC1. The van der Waals surface area contributed by atoms with Crippen molar-refractivity contribution in [1.29, 1.82) is 0 Å². The molecular formula is C15H22F2N2. The van der Waals surface area contributed by atoms with Crippen LogP contribution in [0.3, 0.4) is 0 Å². The molecule has 2 nitrogen and oxygen atoms in total. The van der Waals surface area contributed by atoms with Gasteiger partial charge in [-0.1, -0.05) is 6.07 Å². The minimum Gasteiger partial charge on any atom is -0.326 e. The maximum atomic E-state index is 13.7. The minimum absolute atomic E-state index is 0.169. The van der Waals surface area contributed by atoms with Crippen LogP contribution in [0.5, 0.6) is 0 Å². The van der Waals surface area contributed by atoms with Crippen LogP contribution < -0.4 is 5.73 Å². The smallest absolute Gasteiger partial charge is 0.129 e. The first kappa shape index (κ1) is 14.4. The van der Waals surface area contributed by atoms with Crippen molar-refractivity contribution in [3.63, 3.8) is 0 Å². The number of halogens is 2. The predicted molar refractivity (Wildman–Crippen MR) is 72.9 cm³/mol. The number of likely N-dealkylation sites (tertiary alicyclic amines) is 1. The van der Waals surface area contributed by atoms with Gasteiger partial charge >= 0.3 is 0 Å². The number of benzene rings is 1. The fraction of sp³-hybridized carbons (Fsp3) is 0.600. The van der Waals surface area contributed by atoms with Gasteiger partial charge in [-0.2, -0.15) is 0 Å². The highest BCUT2D eigenvalue weighted by Crippen LogP contribution is 2.25. The molecule has 2 N–H and O–H groups in total. The molecule has 0 spiro atoms. The van der Waals surface area contributed by atoms with E-state index < -0.39 is 11.6 Å². The second-order valence-electron chi connectivity index (χ2n) is 5.89. The van der Waals surface area contributed by atoms with Crippen molar-refractivity contribution >= 4 is 0 Å². The van der Waals surface area contributed by atoms with Crippen molar-refractivity contribution in [3.05, 3.63) is 35.4 Å². The molecule has 1 aromatic rings. The van der Waals surface area contributed by atoms with Gasteiger partial charge in [0.05, 0.1) is 0 Å². The van der Waals surface area contributed by atoms with Gasteiger partial charge in [0.25, 0.3) is 0 Å². The van der Waals surface area contributed by atoms with E-state index in [0.717, 1.165) is 19.2 Å². The maximum Gasteiger partial charge on any atom is 0.129 e. The summed E-state index contributed by atoms with van der Waals surface area (Å²) in [5.41, 5.74) is 6.59. The van der Waals surface area contributed by atoms with E-state index in [1.807, 2.05) is 0 Å². The lowest BCUT2D eigenvalue weighted by Gasteiger charge is -2.40. The second kappa shape index (κ2) is 5.55. The van der Waals surface area contributed by atoms with Gasteiger partial charge in [0.15, 0.2) is 0 Å². The zero-order chi connectivity index (χ0) is 14.0. The highest BCUT2D eigenvalue weighted by Gasteiger charge is 2.34. The van der Waals surface area contributed by atoms with Gasteiger partial charge in [-0.3, -0.25) is 4.90 Å². The fourth-order valence-electron chi connectivity index (χ4n) is 2.70. The first-order valence-electron chi connectivity index (χ1n) is 6.86. The third-order valence-corrected chi connectivity index (χ3v) is 4.28. The fourth-order valence-corrected chi connectivity index (χ4v) is 2.70. The molecule has 1 heterocycles. The van der Waals surface area contributed by atoms with Crippen molar-refractivity contribution in [1.82, 2.24) is 4.90 Å². The molecule has 1 aliphatic heterocycles. The quantitative estimate of drug-likeness (QED) is 0.909. The molecular weight excluding hydrogens is 246 g/mol. The zero-order valence-electron chi connectivity index (χ0n) is 11.6. The predicted octanol–water partition coefficient (Wildman–Crippen LogP) is 2.71. The summed E-state index contributed by atoms with van der Waals surface area (Å²) in [4.78, 5) is 2.36. The van der Waals surface area contributed by atoms with E-state index in [4.69, 9.17) is 5.73 Å². The van der Waals surface area contributed by atoms with Gasteiger partial charge < -0.3 is 5.73 Å². The van der Waals surface area contributed by atoms with E-state index >= 15 is 0 Å². The highest BCUT2D eigenvalue weighted by molar-refractivity contribution is 5.20. The molecule has 1 fully saturated rings. The van der Waals surface area contributed by atoms with Crippen LogP contribution in [-0.4, -0.2) is 29.6 Å². The molecule has 1 unspecified atom stereocenters. The Balaban J connectivity index is 2.09. The topological polar surface area (TPSA) is 29.3 Å². The molecule has 0 radical (unpaired) electrons. The first-order valence-corrected chi connectivity index (χ1v) is 6.86. The highest BCUT2D eigenvalue weighted by atomic mass is 19.1. The van der Waals surface area contributed by atoms with Gasteiger partial charge in [0.1, 0.15) is 11.6 Å². The molecule has 0 aliphatic carbocycles. The number of nitrogens with zero attached hydrogens (tertiary/aromatic N) is 1. The monoisotopic (exact) mass is 268 g/mol. The third kappa shape index (κ3) is 3.12. The lowest BCUT2D eigenvalue weighted by Crippen LogP contribution is -2.56. The summed E-state index contributed by atoms with van der Waals surface area (Å²) >= 11 is 0. The van der Waals surface area contributed by atoms with Crippen molar-refractivity contribution in [2.24, 2.45) is 5.73 Å². The number of hydrogen-bond donors (Lipinski definition) is 1. The second-order valence-corrected chi connectivity index (χ2v) is 5.89. The van der Waals surface area contributed by atoms with Crippen molar-refractivity contribution in [3.8, 4) is 0 Å². The normalized spacial score (nSPS) is 18.8. The van der Waals surface area contributed by atoms with Gasteiger partial charge in [-0.05, 0) is 57.8 Å². The van der Waals surface area contributed by atoms with E-state index in [-0.39, 0.29) is 11.6 Å². The molecule has 1 aliphatic rings. The average Bonchev–Trinajstić information content (AvgIpc) is 2.86. The van der Waals surface area contributed by atoms with Gasteiger partial charge in [0, 0.05) is 17.6 Å². The summed E-state index contributed by atoms with van der Waals surface area (Å²) in [6, 6.07) is 3.52. The van der Waals surface area contributed by atoms with Gasteiger partial charge in [-0.15, -0.1) is 0 Å². The number of hydrogen-bond acceptors (Lipinski definition) is 2. The molecule has 4 heteroatoms. The lowest BCUT2D eigenvalue weighted by atomic mass is 9.88. The molecule has 2 rings (SSSR count). The molecule has 0 amide bonds. The Hall–Kier alpha value is -1.00. The average molecular weight is 268 g/mol. The minimum atomic E-state index is -0.548. The molecule has 1 saturated heterocycles. The van der Waals surface area contributed by atoms with Crippen LogP contribution >= 0.6 is 0 Å². The molecule has 0 aromatic heterocycles. The number of nitrogens with two attached hydrogens (primary N) is 1. The summed E-state index contributed by atoms with van der Waals surface area (Å²) in [5.74, 6) is -1.05. The molecule has 1 aromatic carbocycles. The molecule has 106 valence electrons. The summed E-state index contributed by atoms with van der Waals surface area (Å²) in [7, 11) is 0. The van der Waals surface area contributed by atoms with Crippen LogP contribution in [0.15, 0.2) is 18.2 Å². The van der Waals surface area contributed by atoms with Crippen molar-refractivity contribution < 1.29 is 8.78 Å². The first-order chi connectivity index (χ1) is 8.91. The van der Waals surface area contributed by atoms with Crippen LogP contribution in [0.25, 0.3) is 0 Å². The zero-order valence-corrected chi connectivity index (χ0v) is 11.6. The van der Waals surface area contributed by atoms with Gasteiger partial charge in [-0.25, -0.2) is 8.78 Å². The Morgan fingerprint density at radius 2 is 1.89 bits per heavy atom. The Labute approximate surface area is 113 Å². The van der Waals surface area contributed by atoms with Crippen LogP contribution in [0.1, 0.15) is 32.3 Å². The van der Waals surface area contributed by atoms with Crippen LogP contribution in [-0.2, 0) is 6.42 Å². The van der Waals surface area contributed by atoms with Crippen LogP contribution in [0.4, 0.5) is 8.78 Å². The van der Waals surface area contributed by atoms with E-state index in [0.29, 0.717) is 12.0 Å². The van der Waals surface area contributed by atoms with E-state index in [2.05, 4.69) is 18.7 Å². The Kier molecular flexibility index (Phi) is 4.21. The van der Waals surface area contributed by atoms with Crippen LogP contribution in [0.2, 0.25) is 0 Å². The molecule has 19 heavy (non-hydrogen) atoms. The Morgan fingerprint density at radius 3 is 2.47 bits per heavy atom. The summed E-state index contributed by atoms with van der Waals surface area (Å²) in [6.07, 6.45) is 2.82. The van der Waals surface area contributed by atoms with E-state index in [1.54, 1.807) is 0 Å². The van der Waals surface area contributed by atoms with E-state index in [1.165, 1.54) is 25.0 Å². The Morgan fingerprint density at radius 1 is 1.26 bits per heavy atom. The summed E-state index contributed by atoms with van der Waals surface area (Å²) in [5, 5.41) is 0. The summed E-state index contributed by atoms with van der Waals surface area (Å²) in [6.45, 7) is 6.30. The molecule has 0 saturated carbocycles. The maximum absolute atomic E-state index is 13.7. The lowest BCUT2D eigenvalue weighted by molar-refractivity contribution is 0.123. The van der Waals surface area contributed by atoms with Crippen LogP contribution in [0, 0.1) is 11.6 Å². The number of rotatable bonds is 4. The van der Waals surface area contributed by atoms with Gasteiger partial charge in [0.2, 0.25) is 0 Å². The third-order valence-electron chi connectivity index (χ3n) is 4.28.